The van der Waals surface area contributed by atoms with E-state index in [-0.39, 0.29) is 0 Å². The third kappa shape index (κ3) is 2.58. The van der Waals surface area contributed by atoms with E-state index < -0.39 is 0 Å². The van der Waals surface area contributed by atoms with Gasteiger partial charge in [-0.1, -0.05) is 6.07 Å². The Hall–Kier alpha value is -0.980. The summed E-state index contributed by atoms with van der Waals surface area (Å²) in [5.74, 6) is 0. The SMILES string of the molecule is CSc1ccc2c(c1)CN(CCC#N)CC2. The summed E-state index contributed by atoms with van der Waals surface area (Å²) in [5.41, 5.74) is 2.92. The minimum atomic E-state index is 0.636. The Morgan fingerprint density at radius 2 is 2.31 bits per heavy atom. The van der Waals surface area contributed by atoms with E-state index in [2.05, 4.69) is 35.4 Å². The first-order valence-corrected chi connectivity index (χ1v) is 6.81. The number of nitriles is 1. The lowest BCUT2D eigenvalue weighted by molar-refractivity contribution is 0.260. The molecule has 0 aromatic heterocycles. The fraction of sp³-hybridized carbons (Fsp3) is 0.462. The molecule has 1 aliphatic rings. The van der Waals surface area contributed by atoms with E-state index in [0.29, 0.717) is 6.42 Å². The molecule has 0 N–H and O–H groups in total. The predicted molar refractivity (Wildman–Crippen MR) is 67.4 cm³/mol. The van der Waals surface area contributed by atoms with Crippen LogP contribution < -0.4 is 0 Å². The lowest BCUT2D eigenvalue weighted by atomic mass is 10.00. The Morgan fingerprint density at radius 1 is 1.44 bits per heavy atom. The first kappa shape index (κ1) is 11.5. The number of rotatable bonds is 3. The molecule has 0 spiro atoms. The highest BCUT2D eigenvalue weighted by molar-refractivity contribution is 7.98. The van der Waals surface area contributed by atoms with Crippen molar-refractivity contribution in [3.63, 3.8) is 0 Å². The van der Waals surface area contributed by atoms with Gasteiger partial charge in [0.25, 0.3) is 0 Å². The Kier molecular flexibility index (Phi) is 3.87. The minimum absolute atomic E-state index is 0.636. The fourth-order valence-electron chi connectivity index (χ4n) is 2.12. The second kappa shape index (κ2) is 5.38. The molecule has 0 saturated carbocycles. The predicted octanol–water partition coefficient (Wildman–Crippen LogP) is 2.68. The standard InChI is InChI=1S/C13H16N2S/c1-16-13-4-3-11-5-8-15(7-2-6-14)10-12(11)9-13/h3-4,9H,2,5,7-8,10H2,1H3. The third-order valence-corrected chi connectivity index (χ3v) is 3.77. The van der Waals surface area contributed by atoms with Gasteiger partial charge in [0.15, 0.2) is 0 Å². The maximum atomic E-state index is 8.59. The van der Waals surface area contributed by atoms with Crippen molar-refractivity contribution in [1.29, 1.82) is 5.26 Å². The zero-order valence-electron chi connectivity index (χ0n) is 9.57. The second-order valence-electron chi connectivity index (χ2n) is 4.07. The van der Waals surface area contributed by atoms with Crippen LogP contribution >= 0.6 is 11.8 Å². The van der Waals surface area contributed by atoms with Crippen molar-refractivity contribution in [2.75, 3.05) is 19.3 Å². The maximum absolute atomic E-state index is 8.59. The molecule has 0 atom stereocenters. The maximum Gasteiger partial charge on any atom is 0.0635 e. The summed E-state index contributed by atoms with van der Waals surface area (Å²) in [4.78, 5) is 3.70. The summed E-state index contributed by atoms with van der Waals surface area (Å²) in [6.07, 6.45) is 3.87. The van der Waals surface area contributed by atoms with Crippen molar-refractivity contribution in [1.82, 2.24) is 4.90 Å². The Morgan fingerprint density at radius 3 is 3.06 bits per heavy atom. The quantitative estimate of drug-likeness (QED) is 0.750. The largest absolute Gasteiger partial charge is 0.298 e. The van der Waals surface area contributed by atoms with Crippen LogP contribution in [0.2, 0.25) is 0 Å². The minimum Gasteiger partial charge on any atom is -0.298 e. The van der Waals surface area contributed by atoms with E-state index in [9.17, 15) is 0 Å². The summed E-state index contributed by atoms with van der Waals surface area (Å²) < 4.78 is 0. The van der Waals surface area contributed by atoms with Crippen LogP contribution in [0.15, 0.2) is 23.1 Å². The van der Waals surface area contributed by atoms with E-state index in [1.807, 2.05) is 0 Å². The van der Waals surface area contributed by atoms with Crippen LogP contribution in [-0.2, 0) is 13.0 Å². The van der Waals surface area contributed by atoms with Crippen molar-refractivity contribution in [3.05, 3.63) is 29.3 Å². The van der Waals surface area contributed by atoms with E-state index in [0.717, 1.165) is 26.1 Å². The van der Waals surface area contributed by atoms with Crippen LogP contribution in [-0.4, -0.2) is 24.2 Å². The second-order valence-corrected chi connectivity index (χ2v) is 4.95. The van der Waals surface area contributed by atoms with Crippen LogP contribution in [0.5, 0.6) is 0 Å². The average Bonchev–Trinajstić information content (AvgIpc) is 2.35. The molecule has 0 amide bonds. The Bertz CT molecular complexity index is 409. The average molecular weight is 232 g/mol. The van der Waals surface area contributed by atoms with Gasteiger partial charge in [0.1, 0.15) is 0 Å². The zero-order valence-corrected chi connectivity index (χ0v) is 10.4. The van der Waals surface area contributed by atoms with Gasteiger partial charge in [0.2, 0.25) is 0 Å². The number of benzene rings is 1. The van der Waals surface area contributed by atoms with Crippen LogP contribution in [0.1, 0.15) is 17.5 Å². The summed E-state index contributed by atoms with van der Waals surface area (Å²) in [7, 11) is 0. The molecule has 3 heteroatoms. The Labute approximate surface area is 101 Å². The highest BCUT2D eigenvalue weighted by Crippen LogP contribution is 2.24. The molecule has 1 aliphatic heterocycles. The van der Waals surface area contributed by atoms with E-state index in [1.165, 1.54) is 16.0 Å². The number of thioether (sulfide) groups is 1. The molecule has 2 rings (SSSR count). The van der Waals surface area contributed by atoms with Gasteiger partial charge in [-0.25, -0.2) is 0 Å². The monoisotopic (exact) mass is 232 g/mol. The lowest BCUT2D eigenvalue weighted by Gasteiger charge is -2.28. The number of fused-ring (bicyclic) bond motifs is 1. The molecule has 84 valence electrons. The highest BCUT2D eigenvalue weighted by Gasteiger charge is 2.15. The van der Waals surface area contributed by atoms with Crippen LogP contribution in [0, 0.1) is 11.3 Å². The van der Waals surface area contributed by atoms with E-state index >= 15 is 0 Å². The lowest BCUT2D eigenvalue weighted by Crippen LogP contribution is -2.31. The normalized spacial score (nSPS) is 15.5. The topological polar surface area (TPSA) is 27.0 Å². The molecule has 0 saturated heterocycles. The number of hydrogen-bond acceptors (Lipinski definition) is 3. The van der Waals surface area contributed by atoms with Crippen molar-refractivity contribution in [3.8, 4) is 6.07 Å². The summed E-state index contributed by atoms with van der Waals surface area (Å²) in [6.45, 7) is 3.00. The molecule has 1 aromatic rings. The molecule has 2 nitrogen and oxygen atoms in total. The highest BCUT2D eigenvalue weighted by atomic mass is 32.2. The Balaban J connectivity index is 2.09. The molecule has 0 aliphatic carbocycles. The van der Waals surface area contributed by atoms with Crippen LogP contribution in [0.4, 0.5) is 0 Å². The molecule has 0 fully saturated rings. The van der Waals surface area contributed by atoms with Gasteiger partial charge >= 0.3 is 0 Å². The molecule has 16 heavy (non-hydrogen) atoms. The van der Waals surface area contributed by atoms with E-state index in [1.54, 1.807) is 11.8 Å². The van der Waals surface area contributed by atoms with Gasteiger partial charge in [-0.15, -0.1) is 11.8 Å². The number of hydrogen-bond donors (Lipinski definition) is 0. The first-order valence-electron chi connectivity index (χ1n) is 5.58. The van der Waals surface area contributed by atoms with Crippen LogP contribution in [0.3, 0.4) is 0 Å². The fourth-order valence-corrected chi connectivity index (χ4v) is 2.58. The van der Waals surface area contributed by atoms with Gasteiger partial charge in [0.05, 0.1) is 6.07 Å². The van der Waals surface area contributed by atoms with Gasteiger partial charge in [-0.3, -0.25) is 4.90 Å². The molecular formula is C13H16N2S. The first-order chi connectivity index (χ1) is 7.83. The molecular weight excluding hydrogens is 216 g/mol. The molecule has 0 bridgehead atoms. The summed E-state index contributed by atoms with van der Waals surface area (Å²) >= 11 is 1.79. The van der Waals surface area contributed by atoms with Crippen LogP contribution in [0.25, 0.3) is 0 Å². The van der Waals surface area contributed by atoms with Crippen molar-refractivity contribution in [2.45, 2.75) is 24.3 Å². The molecule has 0 unspecified atom stereocenters. The van der Waals surface area contributed by atoms with Gasteiger partial charge < -0.3 is 0 Å². The number of nitrogens with zero attached hydrogens (tertiary/aromatic N) is 2. The van der Waals surface area contributed by atoms with Crippen molar-refractivity contribution >= 4 is 11.8 Å². The third-order valence-electron chi connectivity index (χ3n) is 3.04. The van der Waals surface area contributed by atoms with Gasteiger partial charge in [-0.05, 0) is 35.9 Å². The summed E-state index contributed by atoms with van der Waals surface area (Å²) in [6, 6.07) is 8.96. The van der Waals surface area contributed by atoms with Gasteiger partial charge in [-0.2, -0.15) is 5.26 Å². The molecule has 1 heterocycles. The van der Waals surface area contributed by atoms with Crippen molar-refractivity contribution in [2.24, 2.45) is 0 Å². The zero-order chi connectivity index (χ0) is 11.4. The molecule has 1 aromatic carbocycles. The van der Waals surface area contributed by atoms with Crippen molar-refractivity contribution < 1.29 is 0 Å². The molecule has 0 radical (unpaired) electrons. The van der Waals surface area contributed by atoms with E-state index in [4.69, 9.17) is 5.26 Å². The summed E-state index contributed by atoms with van der Waals surface area (Å²) in [5, 5.41) is 8.59. The van der Waals surface area contributed by atoms with Gasteiger partial charge in [0, 0.05) is 31.0 Å². The smallest absolute Gasteiger partial charge is 0.0635 e.